The van der Waals surface area contributed by atoms with Gasteiger partial charge < -0.3 is 20.1 Å². The Hall–Kier alpha value is -1.48. The van der Waals surface area contributed by atoms with Gasteiger partial charge in [0.1, 0.15) is 17.3 Å². The molecule has 2 aliphatic rings. The summed E-state index contributed by atoms with van der Waals surface area (Å²) in [6.07, 6.45) is -0.992. The largest absolute Gasteiger partial charge is 0.394 e. The molecule has 0 unspecified atom stereocenters. The highest BCUT2D eigenvalue weighted by atomic mass is 16.6. The lowest BCUT2D eigenvalue weighted by atomic mass is 10.0. The number of fused-ring (bicyclic) bond motifs is 1. The Labute approximate surface area is 113 Å². The molecule has 1 aliphatic carbocycles. The van der Waals surface area contributed by atoms with Crippen LogP contribution in [0.1, 0.15) is 20.1 Å². The number of hydrogen-bond acceptors (Lipinski definition) is 6. The van der Waals surface area contributed by atoms with Crippen LogP contribution in [0.3, 0.4) is 0 Å². The van der Waals surface area contributed by atoms with Gasteiger partial charge in [-0.05, 0) is 0 Å². The Morgan fingerprint density at radius 2 is 2.00 bits per heavy atom. The zero-order chi connectivity index (χ0) is 14.9. The minimum Gasteiger partial charge on any atom is -0.394 e. The van der Waals surface area contributed by atoms with E-state index < -0.39 is 46.8 Å². The van der Waals surface area contributed by atoms with Crippen LogP contribution in [0.25, 0.3) is 0 Å². The smallest absolute Gasteiger partial charge is 0.330 e. The predicted molar refractivity (Wildman–Crippen MR) is 66.0 cm³/mol. The van der Waals surface area contributed by atoms with Crippen LogP contribution in [-0.4, -0.2) is 48.8 Å². The lowest BCUT2D eigenvalue weighted by molar-refractivity contribution is -0.126. The average Bonchev–Trinajstić information content (AvgIpc) is 2.63. The number of hydrogen-bond donors (Lipinski definition) is 4. The molecule has 0 spiro atoms. The van der Waals surface area contributed by atoms with E-state index in [9.17, 15) is 24.9 Å². The number of nitrogens with one attached hydrogen (secondary N) is 1. The molecule has 1 aliphatic heterocycles. The van der Waals surface area contributed by atoms with Gasteiger partial charge in [0.2, 0.25) is 0 Å². The summed E-state index contributed by atoms with van der Waals surface area (Å²) >= 11 is 0. The van der Waals surface area contributed by atoms with Crippen LogP contribution in [0.2, 0.25) is 0 Å². The van der Waals surface area contributed by atoms with Crippen molar-refractivity contribution in [3.05, 3.63) is 33.1 Å². The topological polar surface area (TPSA) is 125 Å². The molecule has 1 saturated carbocycles. The summed E-state index contributed by atoms with van der Waals surface area (Å²) in [4.78, 5) is 25.0. The number of aliphatic hydroxyl groups excluding tert-OH is 1. The fourth-order valence-electron chi connectivity index (χ4n) is 3.45. The first-order chi connectivity index (χ1) is 9.21. The zero-order valence-electron chi connectivity index (χ0n) is 11.0. The molecule has 1 aromatic rings. The third-order valence-corrected chi connectivity index (χ3v) is 4.81. The van der Waals surface area contributed by atoms with Gasteiger partial charge >= 0.3 is 5.69 Å². The van der Waals surface area contributed by atoms with Gasteiger partial charge in [0.05, 0.1) is 6.61 Å². The van der Waals surface area contributed by atoms with E-state index in [-0.39, 0.29) is 0 Å². The second-order valence-corrected chi connectivity index (χ2v) is 5.83. The van der Waals surface area contributed by atoms with E-state index >= 15 is 0 Å². The van der Waals surface area contributed by atoms with E-state index in [0.717, 1.165) is 10.6 Å². The number of rotatable bonds is 2. The Bertz CT molecular complexity index is 679. The molecule has 0 amide bonds. The van der Waals surface area contributed by atoms with Gasteiger partial charge in [-0.2, -0.15) is 0 Å². The zero-order valence-corrected chi connectivity index (χ0v) is 11.0. The number of ether oxygens (including phenoxy) is 1. The monoisotopic (exact) mass is 284 g/mol. The first-order valence-electron chi connectivity index (χ1n) is 6.24. The molecule has 8 heteroatoms. The van der Waals surface area contributed by atoms with Gasteiger partial charge in [0.15, 0.2) is 6.23 Å². The van der Waals surface area contributed by atoms with Gasteiger partial charge in [-0.15, -0.1) is 0 Å². The van der Waals surface area contributed by atoms with Crippen molar-refractivity contribution >= 4 is 0 Å². The van der Waals surface area contributed by atoms with Crippen molar-refractivity contribution < 1.29 is 20.1 Å². The van der Waals surface area contributed by atoms with Crippen LogP contribution < -0.4 is 11.2 Å². The molecule has 2 heterocycles. The van der Waals surface area contributed by atoms with Gasteiger partial charge in [0.25, 0.3) is 5.56 Å². The summed E-state index contributed by atoms with van der Waals surface area (Å²) in [5.74, 6) is 0. The summed E-state index contributed by atoms with van der Waals surface area (Å²) < 4.78 is 6.42. The second kappa shape index (κ2) is 3.59. The number of H-pyrrole nitrogens is 1. The summed E-state index contributed by atoms with van der Waals surface area (Å²) in [5, 5.41) is 30.6. The van der Waals surface area contributed by atoms with Crippen molar-refractivity contribution in [2.45, 2.75) is 37.4 Å². The minimum absolute atomic E-state index is 0.489. The highest BCUT2D eigenvalue weighted by molar-refractivity contribution is 5.39. The maximum atomic E-state index is 11.8. The molecule has 0 radical (unpaired) electrons. The fraction of sp³-hybridized carbons (Fsp3) is 0.667. The fourth-order valence-corrected chi connectivity index (χ4v) is 3.45. The van der Waals surface area contributed by atoms with Crippen molar-refractivity contribution in [1.29, 1.82) is 0 Å². The molecular weight excluding hydrogens is 268 g/mol. The van der Waals surface area contributed by atoms with E-state index in [1.165, 1.54) is 6.20 Å². The van der Waals surface area contributed by atoms with E-state index in [1.807, 2.05) is 0 Å². The van der Waals surface area contributed by atoms with Crippen molar-refractivity contribution in [2.75, 3.05) is 6.61 Å². The highest BCUT2D eigenvalue weighted by Crippen LogP contribution is 2.75. The van der Waals surface area contributed by atoms with Gasteiger partial charge in [0, 0.05) is 17.7 Å². The summed E-state index contributed by atoms with van der Waals surface area (Å²) in [6.45, 7) is 2.76. The van der Waals surface area contributed by atoms with Crippen LogP contribution in [0, 0.1) is 5.41 Å². The Balaban J connectivity index is 2.13. The van der Waals surface area contributed by atoms with Crippen molar-refractivity contribution in [3.8, 4) is 0 Å². The van der Waals surface area contributed by atoms with Crippen LogP contribution in [0.4, 0.5) is 0 Å². The number of aromatic nitrogens is 2. The SMILES string of the molecule is CC1(C)[C@]2(O)[C@@H](CO)O[C@@H](n3ccc(=O)[nH]c3=O)[C@@]12O. The summed E-state index contributed by atoms with van der Waals surface area (Å²) in [7, 11) is 0. The van der Waals surface area contributed by atoms with Gasteiger partial charge in [-0.3, -0.25) is 14.3 Å². The molecule has 0 aromatic carbocycles. The van der Waals surface area contributed by atoms with Gasteiger partial charge in [-0.1, -0.05) is 13.8 Å². The first-order valence-corrected chi connectivity index (χ1v) is 6.24. The molecule has 0 bridgehead atoms. The van der Waals surface area contributed by atoms with Crippen LogP contribution in [0.5, 0.6) is 0 Å². The average molecular weight is 284 g/mol. The Kier molecular flexibility index (Phi) is 2.42. The standard InChI is InChI=1S/C12H16N2O6/c1-10(2)11(18)6(5-15)20-8(12(10,11)19)14-4-3-7(16)13-9(14)17/h3-4,6,8,15,18-19H,5H2,1-2H3,(H,13,16,17)/t6-,8-,11-,12-/m1/s1. The van der Waals surface area contributed by atoms with E-state index in [4.69, 9.17) is 4.74 Å². The number of aliphatic hydroxyl groups is 3. The third-order valence-electron chi connectivity index (χ3n) is 4.81. The highest BCUT2D eigenvalue weighted by Gasteiger charge is 2.92. The molecule has 110 valence electrons. The van der Waals surface area contributed by atoms with Gasteiger partial charge in [-0.25, -0.2) is 4.79 Å². The van der Waals surface area contributed by atoms with E-state index in [0.29, 0.717) is 0 Å². The lowest BCUT2D eigenvalue weighted by Crippen LogP contribution is -2.40. The Morgan fingerprint density at radius 1 is 1.35 bits per heavy atom. The number of aromatic amines is 1. The van der Waals surface area contributed by atoms with Crippen molar-refractivity contribution in [1.82, 2.24) is 9.55 Å². The third kappa shape index (κ3) is 1.16. The maximum Gasteiger partial charge on any atom is 0.330 e. The quantitative estimate of drug-likeness (QED) is 0.494. The summed E-state index contributed by atoms with van der Waals surface area (Å²) in [6, 6.07) is 1.12. The van der Waals surface area contributed by atoms with Crippen LogP contribution in [0.15, 0.2) is 21.9 Å². The van der Waals surface area contributed by atoms with Crippen LogP contribution >= 0.6 is 0 Å². The molecule has 1 saturated heterocycles. The van der Waals surface area contributed by atoms with Crippen molar-refractivity contribution in [3.63, 3.8) is 0 Å². The molecule has 1 aromatic heterocycles. The molecule has 4 N–H and O–H groups in total. The van der Waals surface area contributed by atoms with E-state index in [1.54, 1.807) is 13.8 Å². The second-order valence-electron chi connectivity index (χ2n) is 5.83. The minimum atomic E-state index is -1.71. The molecular formula is C12H16N2O6. The predicted octanol–water partition coefficient (Wildman–Crippen LogP) is -2.07. The molecule has 3 rings (SSSR count). The normalized spacial score (nSPS) is 41.5. The molecule has 2 fully saturated rings. The summed E-state index contributed by atoms with van der Waals surface area (Å²) in [5.41, 5.74) is -5.63. The maximum absolute atomic E-state index is 11.8. The first kappa shape index (κ1) is 13.5. The lowest BCUT2D eigenvalue weighted by Gasteiger charge is -2.26. The van der Waals surface area contributed by atoms with E-state index in [2.05, 4.69) is 4.98 Å². The molecule has 4 atom stereocenters. The molecule has 20 heavy (non-hydrogen) atoms. The van der Waals surface area contributed by atoms with Crippen LogP contribution in [-0.2, 0) is 4.74 Å². The molecule has 8 nitrogen and oxygen atoms in total. The van der Waals surface area contributed by atoms with Crippen molar-refractivity contribution in [2.24, 2.45) is 5.41 Å². The Morgan fingerprint density at radius 3 is 2.50 bits per heavy atom. The number of nitrogens with zero attached hydrogens (tertiary/aromatic N) is 1.